The van der Waals surface area contributed by atoms with Gasteiger partial charge in [-0.25, -0.2) is 9.97 Å². The molecule has 0 aliphatic heterocycles. The quantitative estimate of drug-likeness (QED) is 0.479. The monoisotopic (exact) mass is 248 g/mol. The summed E-state index contributed by atoms with van der Waals surface area (Å²) in [4.78, 5) is 9.44. The van der Waals surface area contributed by atoms with Gasteiger partial charge in [0.15, 0.2) is 5.16 Å². The molecule has 0 spiro atoms. The summed E-state index contributed by atoms with van der Waals surface area (Å²) in [5, 5.41) is 12.0. The molecule has 0 aliphatic rings. The van der Waals surface area contributed by atoms with Crippen molar-refractivity contribution >= 4 is 17.6 Å². The van der Waals surface area contributed by atoms with E-state index in [0.717, 1.165) is 10.6 Å². The van der Waals surface area contributed by atoms with Gasteiger partial charge < -0.3 is 5.73 Å². The molecule has 0 aliphatic carbocycles. The fourth-order valence-electron chi connectivity index (χ4n) is 1.28. The number of nitrogens with two attached hydrogens (primary N) is 1. The van der Waals surface area contributed by atoms with Gasteiger partial charge in [0, 0.05) is 18.9 Å². The second-order valence-electron chi connectivity index (χ2n) is 3.54. The second kappa shape index (κ2) is 4.54. The maximum atomic E-state index is 7.37. The van der Waals surface area contributed by atoms with Gasteiger partial charge in [0.1, 0.15) is 11.5 Å². The molecule has 0 atom stereocenters. The highest BCUT2D eigenvalue weighted by Crippen LogP contribution is 2.23. The van der Waals surface area contributed by atoms with Crippen molar-refractivity contribution in [1.82, 2.24) is 19.7 Å². The van der Waals surface area contributed by atoms with Crippen molar-refractivity contribution in [2.75, 3.05) is 0 Å². The topological polar surface area (TPSA) is 93.5 Å². The summed E-state index contributed by atoms with van der Waals surface area (Å²) >= 11 is 1.40. The molecule has 2 aromatic heterocycles. The zero-order valence-corrected chi connectivity index (χ0v) is 10.3. The van der Waals surface area contributed by atoms with Crippen LogP contribution in [-0.4, -0.2) is 25.6 Å². The van der Waals surface area contributed by atoms with Gasteiger partial charge in [-0.15, -0.1) is 0 Å². The molecule has 2 aromatic rings. The molecule has 17 heavy (non-hydrogen) atoms. The molecule has 0 aromatic carbocycles. The first-order valence-electron chi connectivity index (χ1n) is 4.91. The van der Waals surface area contributed by atoms with Crippen LogP contribution < -0.4 is 5.73 Å². The zero-order chi connectivity index (χ0) is 12.4. The number of amidine groups is 1. The van der Waals surface area contributed by atoms with Gasteiger partial charge in [0.25, 0.3) is 0 Å². The van der Waals surface area contributed by atoms with Gasteiger partial charge in [0.05, 0.1) is 11.1 Å². The summed E-state index contributed by atoms with van der Waals surface area (Å²) in [5.41, 5.74) is 6.65. The van der Waals surface area contributed by atoms with Crippen LogP contribution in [-0.2, 0) is 7.05 Å². The van der Waals surface area contributed by atoms with E-state index in [1.807, 2.05) is 20.2 Å². The number of aryl methyl sites for hydroxylation is 2. The number of nitrogens with zero attached hydrogens (tertiary/aromatic N) is 4. The predicted octanol–water partition coefficient (Wildman–Crippen LogP) is 0.954. The summed E-state index contributed by atoms with van der Waals surface area (Å²) in [5.74, 6) is -0.0523. The van der Waals surface area contributed by atoms with E-state index >= 15 is 0 Å². The Morgan fingerprint density at radius 3 is 2.82 bits per heavy atom. The number of hydrogen-bond donors (Lipinski definition) is 2. The highest BCUT2D eigenvalue weighted by atomic mass is 32.2. The molecule has 0 radical (unpaired) electrons. The fourth-order valence-corrected chi connectivity index (χ4v) is 2.13. The van der Waals surface area contributed by atoms with Crippen molar-refractivity contribution in [3.8, 4) is 0 Å². The highest BCUT2D eigenvalue weighted by Gasteiger charge is 2.07. The first kappa shape index (κ1) is 11.6. The van der Waals surface area contributed by atoms with Crippen LogP contribution in [0, 0.1) is 12.3 Å². The Hall–Kier alpha value is -1.89. The van der Waals surface area contributed by atoms with Gasteiger partial charge in [-0.3, -0.25) is 10.1 Å². The lowest BCUT2D eigenvalue weighted by atomic mass is 10.3. The average molecular weight is 248 g/mol. The van der Waals surface area contributed by atoms with Crippen LogP contribution in [0.1, 0.15) is 11.4 Å². The maximum Gasteiger partial charge on any atom is 0.193 e. The van der Waals surface area contributed by atoms with E-state index in [1.165, 1.54) is 11.8 Å². The van der Waals surface area contributed by atoms with Gasteiger partial charge in [0.2, 0.25) is 0 Å². The molecule has 0 unspecified atom stereocenters. The van der Waals surface area contributed by atoms with Crippen molar-refractivity contribution in [3.63, 3.8) is 0 Å². The molecular weight excluding hydrogens is 236 g/mol. The molecule has 0 fully saturated rings. The second-order valence-corrected chi connectivity index (χ2v) is 4.58. The summed E-state index contributed by atoms with van der Waals surface area (Å²) in [6.45, 7) is 1.85. The van der Waals surface area contributed by atoms with E-state index in [1.54, 1.807) is 16.9 Å². The molecule has 2 heterocycles. The van der Waals surface area contributed by atoms with Gasteiger partial charge in [-0.05, 0) is 24.8 Å². The minimum atomic E-state index is -0.0523. The number of nitrogens with one attached hydrogen (secondary N) is 1. The molecule has 88 valence electrons. The SMILES string of the molecule is Cc1cc(C(=N)N)nc(Sc2cnn(C)c2)n1. The number of nitrogen functional groups attached to an aromatic ring is 1. The fraction of sp³-hybridized carbons (Fsp3) is 0.200. The highest BCUT2D eigenvalue weighted by molar-refractivity contribution is 7.99. The minimum absolute atomic E-state index is 0.0523. The first-order chi connectivity index (χ1) is 8.04. The Kier molecular flexibility index (Phi) is 3.10. The lowest BCUT2D eigenvalue weighted by molar-refractivity contribution is 0.766. The van der Waals surface area contributed by atoms with E-state index in [0.29, 0.717) is 10.9 Å². The van der Waals surface area contributed by atoms with E-state index in [-0.39, 0.29) is 5.84 Å². The molecule has 0 amide bonds. The van der Waals surface area contributed by atoms with Crippen molar-refractivity contribution in [2.24, 2.45) is 12.8 Å². The number of rotatable bonds is 3. The summed E-state index contributed by atoms with van der Waals surface area (Å²) in [7, 11) is 1.85. The third kappa shape index (κ3) is 2.82. The van der Waals surface area contributed by atoms with Crippen LogP contribution in [0.5, 0.6) is 0 Å². The van der Waals surface area contributed by atoms with Crippen LogP contribution in [0.25, 0.3) is 0 Å². The minimum Gasteiger partial charge on any atom is -0.382 e. The molecule has 7 heteroatoms. The average Bonchev–Trinajstić information content (AvgIpc) is 2.63. The molecule has 0 saturated heterocycles. The third-order valence-corrected chi connectivity index (χ3v) is 2.81. The van der Waals surface area contributed by atoms with Crippen molar-refractivity contribution < 1.29 is 0 Å². The van der Waals surface area contributed by atoms with E-state index in [9.17, 15) is 0 Å². The smallest absolute Gasteiger partial charge is 0.193 e. The van der Waals surface area contributed by atoms with Gasteiger partial charge in [-0.1, -0.05) is 0 Å². The predicted molar refractivity (Wildman–Crippen MR) is 65.1 cm³/mol. The lowest BCUT2D eigenvalue weighted by Crippen LogP contribution is -2.14. The summed E-state index contributed by atoms with van der Waals surface area (Å²) in [6.07, 6.45) is 3.62. The summed E-state index contributed by atoms with van der Waals surface area (Å²) in [6, 6.07) is 1.69. The largest absolute Gasteiger partial charge is 0.382 e. The van der Waals surface area contributed by atoms with Crippen molar-refractivity contribution in [2.45, 2.75) is 17.0 Å². The standard InChI is InChI=1S/C10H12N6S/c1-6-3-8(9(11)12)15-10(14-6)17-7-4-13-16(2)5-7/h3-5H,1-2H3,(H3,11,12). The van der Waals surface area contributed by atoms with Gasteiger partial charge in [-0.2, -0.15) is 5.10 Å². The Balaban J connectivity index is 2.29. The lowest BCUT2D eigenvalue weighted by Gasteiger charge is -2.02. The van der Waals surface area contributed by atoms with Crippen molar-refractivity contribution in [3.05, 3.63) is 29.8 Å². The van der Waals surface area contributed by atoms with E-state index in [4.69, 9.17) is 11.1 Å². The zero-order valence-electron chi connectivity index (χ0n) is 9.51. The Morgan fingerprint density at radius 1 is 1.47 bits per heavy atom. The van der Waals surface area contributed by atoms with E-state index in [2.05, 4.69) is 15.1 Å². The van der Waals surface area contributed by atoms with Crippen LogP contribution in [0.15, 0.2) is 28.5 Å². The van der Waals surface area contributed by atoms with Crippen LogP contribution in [0.4, 0.5) is 0 Å². The van der Waals surface area contributed by atoms with Crippen LogP contribution >= 0.6 is 11.8 Å². The molecule has 0 saturated carbocycles. The van der Waals surface area contributed by atoms with Gasteiger partial charge >= 0.3 is 0 Å². The molecule has 2 rings (SSSR count). The number of hydrogen-bond acceptors (Lipinski definition) is 5. The normalized spacial score (nSPS) is 10.5. The number of aromatic nitrogens is 4. The molecule has 6 nitrogen and oxygen atoms in total. The Labute approximate surface area is 103 Å². The Morgan fingerprint density at radius 2 is 2.24 bits per heavy atom. The van der Waals surface area contributed by atoms with Crippen LogP contribution in [0.3, 0.4) is 0 Å². The van der Waals surface area contributed by atoms with E-state index < -0.39 is 0 Å². The molecule has 0 bridgehead atoms. The van der Waals surface area contributed by atoms with Crippen molar-refractivity contribution in [1.29, 1.82) is 5.41 Å². The Bertz CT molecular complexity index is 562. The van der Waals surface area contributed by atoms with Crippen LogP contribution in [0.2, 0.25) is 0 Å². The molecular formula is C10H12N6S. The summed E-state index contributed by atoms with van der Waals surface area (Å²) < 4.78 is 1.71. The molecule has 3 N–H and O–H groups in total. The first-order valence-corrected chi connectivity index (χ1v) is 5.73. The maximum absolute atomic E-state index is 7.37. The third-order valence-electron chi connectivity index (χ3n) is 2.00.